The molecule has 0 bridgehead atoms. The summed E-state index contributed by atoms with van der Waals surface area (Å²) < 4.78 is 0. The zero-order chi connectivity index (χ0) is 17.9. The quantitative estimate of drug-likeness (QED) is 0.243. The van der Waals surface area contributed by atoms with E-state index in [9.17, 15) is 9.59 Å². The van der Waals surface area contributed by atoms with Crippen molar-refractivity contribution in [1.82, 2.24) is 0 Å². The van der Waals surface area contributed by atoms with Gasteiger partial charge in [-0.15, -0.1) is 0 Å². The van der Waals surface area contributed by atoms with Crippen molar-refractivity contribution in [3.63, 3.8) is 0 Å². The summed E-state index contributed by atoms with van der Waals surface area (Å²) in [4.78, 5) is 20.6. The van der Waals surface area contributed by atoms with E-state index in [-0.39, 0.29) is 0 Å². The first kappa shape index (κ1) is 21.9. The molecule has 0 aliphatic rings. The van der Waals surface area contributed by atoms with Crippen LogP contribution in [0, 0.1) is 0 Å². The Morgan fingerprint density at radius 2 is 1.12 bits per heavy atom. The summed E-state index contributed by atoms with van der Waals surface area (Å²) in [7, 11) is 0. The smallest absolute Gasteiger partial charge is 0.328 e. The fraction of sp³-hybridized carbons (Fsp3) is 0.500. The van der Waals surface area contributed by atoms with Crippen molar-refractivity contribution in [2.45, 2.75) is 64.2 Å². The molecule has 0 amide bonds. The van der Waals surface area contributed by atoms with E-state index in [1.54, 1.807) is 12.2 Å². The Hall–Kier alpha value is -2.10. The Morgan fingerprint density at radius 1 is 0.625 bits per heavy atom. The van der Waals surface area contributed by atoms with Gasteiger partial charge in [-0.2, -0.15) is 0 Å². The highest BCUT2D eigenvalue weighted by Crippen LogP contribution is 2.10. The molecule has 0 rings (SSSR count). The van der Waals surface area contributed by atoms with Gasteiger partial charge < -0.3 is 10.2 Å². The number of carboxylic acid groups (broad SMARTS) is 2. The van der Waals surface area contributed by atoms with E-state index in [2.05, 4.69) is 6.08 Å². The number of aliphatic carboxylic acids is 2. The van der Waals surface area contributed by atoms with Gasteiger partial charge in [0.1, 0.15) is 0 Å². The fourth-order valence-corrected chi connectivity index (χ4v) is 2.17. The maximum absolute atomic E-state index is 10.3. The van der Waals surface area contributed by atoms with Crippen LogP contribution in [-0.2, 0) is 9.59 Å². The van der Waals surface area contributed by atoms with E-state index in [1.807, 2.05) is 18.2 Å². The number of hydrogen-bond donors (Lipinski definition) is 2. The average molecular weight is 334 g/mol. The second-order valence-electron chi connectivity index (χ2n) is 5.66. The van der Waals surface area contributed by atoms with Crippen LogP contribution >= 0.6 is 0 Å². The lowest BCUT2D eigenvalue weighted by atomic mass is 10.1. The number of allylic oxidation sites excluding steroid dienone is 7. The van der Waals surface area contributed by atoms with Gasteiger partial charge in [0.2, 0.25) is 0 Å². The van der Waals surface area contributed by atoms with Crippen molar-refractivity contribution in [3.05, 3.63) is 48.6 Å². The molecule has 0 heterocycles. The molecule has 0 radical (unpaired) electrons. The second-order valence-corrected chi connectivity index (χ2v) is 5.66. The standard InChI is InChI=1S/C20H30O4/c21-19(22)17-15-13-11-9-7-5-3-1-2-4-6-8-10-12-14-16-18-20(23)24/h3,5,7,9,11,13,15,17H,1-2,4,6,8,10,12,14,16,18H2,(H,21,22)(H,23,24)/b5-3+,9-7+,13-11+,17-15+. The molecule has 0 aromatic carbocycles. The van der Waals surface area contributed by atoms with Crippen molar-refractivity contribution < 1.29 is 19.8 Å². The topological polar surface area (TPSA) is 74.6 Å². The average Bonchev–Trinajstić information content (AvgIpc) is 2.53. The van der Waals surface area contributed by atoms with Gasteiger partial charge in [0, 0.05) is 12.5 Å². The van der Waals surface area contributed by atoms with Crippen LogP contribution in [0.15, 0.2) is 48.6 Å². The van der Waals surface area contributed by atoms with Gasteiger partial charge in [-0.1, -0.05) is 81.1 Å². The normalized spacial score (nSPS) is 12.2. The largest absolute Gasteiger partial charge is 0.481 e. The summed E-state index contributed by atoms with van der Waals surface area (Å²) in [5.41, 5.74) is 0. The molecule has 0 spiro atoms. The molecule has 24 heavy (non-hydrogen) atoms. The van der Waals surface area contributed by atoms with E-state index in [0.717, 1.165) is 31.8 Å². The molecule has 0 saturated carbocycles. The lowest BCUT2D eigenvalue weighted by Gasteiger charge is -2.00. The third kappa shape index (κ3) is 19.9. The van der Waals surface area contributed by atoms with Crippen LogP contribution < -0.4 is 0 Å². The van der Waals surface area contributed by atoms with Crippen LogP contribution in [0.1, 0.15) is 64.2 Å². The Kier molecular flexibility index (Phi) is 15.7. The minimum Gasteiger partial charge on any atom is -0.481 e. The monoisotopic (exact) mass is 334 g/mol. The van der Waals surface area contributed by atoms with Gasteiger partial charge in [-0.3, -0.25) is 4.79 Å². The summed E-state index contributed by atoms with van der Waals surface area (Å²) in [6.45, 7) is 0. The molecule has 4 nitrogen and oxygen atoms in total. The number of rotatable bonds is 15. The summed E-state index contributed by atoms with van der Waals surface area (Å²) in [5, 5.41) is 16.9. The van der Waals surface area contributed by atoms with E-state index < -0.39 is 11.9 Å². The highest BCUT2D eigenvalue weighted by atomic mass is 16.4. The van der Waals surface area contributed by atoms with E-state index in [1.165, 1.54) is 38.2 Å². The highest BCUT2D eigenvalue weighted by Gasteiger charge is 1.96. The van der Waals surface area contributed by atoms with E-state index >= 15 is 0 Å². The molecular weight excluding hydrogens is 304 g/mol. The van der Waals surface area contributed by atoms with Crippen molar-refractivity contribution in [2.24, 2.45) is 0 Å². The van der Waals surface area contributed by atoms with Crippen LogP contribution in [0.5, 0.6) is 0 Å². The van der Waals surface area contributed by atoms with Crippen LogP contribution in [-0.4, -0.2) is 22.2 Å². The Labute approximate surface area is 145 Å². The summed E-state index contributed by atoms with van der Waals surface area (Å²) in [6.07, 6.45) is 24.5. The van der Waals surface area contributed by atoms with Crippen molar-refractivity contribution >= 4 is 11.9 Å². The van der Waals surface area contributed by atoms with Crippen molar-refractivity contribution in [3.8, 4) is 0 Å². The summed E-state index contributed by atoms with van der Waals surface area (Å²) in [5.74, 6) is -1.63. The first-order valence-electron chi connectivity index (χ1n) is 8.74. The zero-order valence-electron chi connectivity index (χ0n) is 14.4. The molecule has 0 aliphatic carbocycles. The van der Waals surface area contributed by atoms with Gasteiger partial charge in [0.25, 0.3) is 0 Å². The number of carboxylic acids is 2. The Bertz CT molecular complexity index is 445. The molecule has 0 atom stereocenters. The first-order chi connectivity index (χ1) is 11.6. The molecule has 0 fully saturated rings. The van der Waals surface area contributed by atoms with Crippen molar-refractivity contribution in [1.29, 1.82) is 0 Å². The predicted molar refractivity (Wildman–Crippen MR) is 98.0 cm³/mol. The van der Waals surface area contributed by atoms with Crippen LogP contribution in [0.2, 0.25) is 0 Å². The van der Waals surface area contributed by atoms with Crippen LogP contribution in [0.25, 0.3) is 0 Å². The molecule has 0 saturated heterocycles. The third-order valence-corrected chi connectivity index (χ3v) is 3.44. The number of carbonyl (C=O) groups is 2. The fourth-order valence-electron chi connectivity index (χ4n) is 2.17. The van der Waals surface area contributed by atoms with Gasteiger partial charge in [0.05, 0.1) is 0 Å². The second kappa shape index (κ2) is 17.3. The summed E-state index contributed by atoms with van der Waals surface area (Å²) in [6, 6.07) is 0. The molecule has 134 valence electrons. The molecule has 0 aromatic rings. The highest BCUT2D eigenvalue weighted by molar-refractivity contribution is 5.80. The molecule has 4 heteroatoms. The first-order valence-corrected chi connectivity index (χ1v) is 8.74. The van der Waals surface area contributed by atoms with Crippen LogP contribution in [0.4, 0.5) is 0 Å². The molecule has 0 unspecified atom stereocenters. The molecular formula is C20H30O4. The Morgan fingerprint density at radius 3 is 1.71 bits per heavy atom. The minimum atomic E-state index is -0.943. The predicted octanol–water partition coefficient (Wildman–Crippen LogP) is 5.28. The molecule has 0 aliphatic heterocycles. The molecule has 2 N–H and O–H groups in total. The lowest BCUT2D eigenvalue weighted by molar-refractivity contribution is -0.137. The summed E-state index contributed by atoms with van der Waals surface area (Å²) >= 11 is 0. The van der Waals surface area contributed by atoms with E-state index in [4.69, 9.17) is 10.2 Å². The minimum absolute atomic E-state index is 0.301. The third-order valence-electron chi connectivity index (χ3n) is 3.44. The number of unbranched alkanes of at least 4 members (excludes halogenated alkanes) is 8. The molecule has 0 aromatic heterocycles. The van der Waals surface area contributed by atoms with E-state index in [0.29, 0.717) is 6.42 Å². The van der Waals surface area contributed by atoms with Gasteiger partial charge >= 0.3 is 11.9 Å². The van der Waals surface area contributed by atoms with Gasteiger partial charge in [-0.05, 0) is 19.3 Å². The van der Waals surface area contributed by atoms with Gasteiger partial charge in [-0.25, -0.2) is 4.79 Å². The number of hydrogen-bond acceptors (Lipinski definition) is 2. The van der Waals surface area contributed by atoms with Crippen molar-refractivity contribution in [2.75, 3.05) is 0 Å². The Balaban J connectivity index is 3.34. The van der Waals surface area contributed by atoms with Gasteiger partial charge in [0.15, 0.2) is 0 Å². The lowest BCUT2D eigenvalue weighted by Crippen LogP contribution is -1.93. The van der Waals surface area contributed by atoms with Crippen LogP contribution in [0.3, 0.4) is 0 Å². The zero-order valence-corrected chi connectivity index (χ0v) is 14.4. The SMILES string of the molecule is O=C(O)/C=C/C=C/C=C/C=C/CCCCCCCCCCC(=O)O. The maximum atomic E-state index is 10.3. The maximum Gasteiger partial charge on any atom is 0.328 e.